The molecule has 0 saturated carbocycles. The number of fused-ring (bicyclic) bond motifs is 1. The standard InChI is InChI=1S/C14H15N3O4S/c1-6-9-8(7(2)18)12(19)17(9)10(13(20)21)11(6)22-14-15-4-3-5-16-14/h3-9,18H,1-2H3,(H,20,21). The van der Waals surface area contributed by atoms with Gasteiger partial charge in [0.2, 0.25) is 5.91 Å². The summed E-state index contributed by atoms with van der Waals surface area (Å²) in [5, 5.41) is 19.7. The summed E-state index contributed by atoms with van der Waals surface area (Å²) >= 11 is 1.16. The summed E-state index contributed by atoms with van der Waals surface area (Å²) < 4.78 is 0. The number of β-lactam (4-membered cyclic amide) rings is 1. The number of aromatic nitrogens is 2. The number of rotatable bonds is 4. The number of hydrogen-bond donors (Lipinski definition) is 2. The summed E-state index contributed by atoms with van der Waals surface area (Å²) in [5.74, 6) is -2.23. The van der Waals surface area contributed by atoms with Gasteiger partial charge in [-0.1, -0.05) is 18.7 Å². The second-order valence-electron chi connectivity index (χ2n) is 5.41. The molecule has 1 aromatic heterocycles. The lowest BCUT2D eigenvalue weighted by Gasteiger charge is -2.46. The van der Waals surface area contributed by atoms with E-state index in [1.54, 1.807) is 25.4 Å². The van der Waals surface area contributed by atoms with Crippen LogP contribution in [0.4, 0.5) is 0 Å². The van der Waals surface area contributed by atoms with Crippen LogP contribution in [0.5, 0.6) is 0 Å². The fourth-order valence-corrected chi connectivity index (χ4v) is 4.12. The van der Waals surface area contributed by atoms with Crippen molar-refractivity contribution in [2.45, 2.75) is 31.1 Å². The normalized spacial score (nSPS) is 28.4. The van der Waals surface area contributed by atoms with Crippen LogP contribution in [0.25, 0.3) is 0 Å². The van der Waals surface area contributed by atoms with Gasteiger partial charge in [0.1, 0.15) is 5.70 Å². The van der Waals surface area contributed by atoms with E-state index in [0.717, 1.165) is 11.8 Å². The van der Waals surface area contributed by atoms with Gasteiger partial charge in [-0.3, -0.25) is 4.79 Å². The summed E-state index contributed by atoms with van der Waals surface area (Å²) in [4.78, 5) is 33.8. The van der Waals surface area contributed by atoms with Crippen LogP contribution in [0.2, 0.25) is 0 Å². The summed E-state index contributed by atoms with van der Waals surface area (Å²) in [6, 6.07) is 1.36. The average molecular weight is 321 g/mol. The summed E-state index contributed by atoms with van der Waals surface area (Å²) in [6.45, 7) is 3.42. The SMILES string of the molecule is CC(O)C1C(=O)N2C(C(=O)O)=C(Sc3ncccn3)C(C)C12. The second kappa shape index (κ2) is 5.36. The number of carbonyl (C=O) groups excluding carboxylic acids is 1. The third-order valence-electron chi connectivity index (χ3n) is 4.05. The number of carbonyl (C=O) groups is 2. The number of carboxylic acids is 1. The molecule has 8 heteroatoms. The van der Waals surface area contributed by atoms with Crippen molar-refractivity contribution in [3.8, 4) is 0 Å². The van der Waals surface area contributed by atoms with Gasteiger partial charge in [-0.15, -0.1) is 0 Å². The van der Waals surface area contributed by atoms with Crippen molar-refractivity contribution < 1.29 is 19.8 Å². The number of amides is 1. The van der Waals surface area contributed by atoms with Gasteiger partial charge >= 0.3 is 5.97 Å². The maximum atomic E-state index is 12.2. The van der Waals surface area contributed by atoms with Crippen molar-refractivity contribution >= 4 is 23.6 Å². The largest absolute Gasteiger partial charge is 0.477 e. The van der Waals surface area contributed by atoms with Crippen LogP contribution in [0.15, 0.2) is 34.2 Å². The molecule has 0 aliphatic carbocycles. The quantitative estimate of drug-likeness (QED) is 0.622. The Morgan fingerprint density at radius 2 is 2.05 bits per heavy atom. The third kappa shape index (κ3) is 2.10. The first-order valence-corrected chi connectivity index (χ1v) is 7.68. The van der Waals surface area contributed by atoms with E-state index in [4.69, 9.17) is 0 Å². The summed E-state index contributed by atoms with van der Waals surface area (Å²) in [5.41, 5.74) is -0.0168. The Morgan fingerprint density at radius 1 is 1.41 bits per heavy atom. The Balaban J connectivity index is 1.97. The van der Waals surface area contributed by atoms with Crippen LogP contribution >= 0.6 is 11.8 Å². The highest BCUT2D eigenvalue weighted by molar-refractivity contribution is 8.03. The predicted octanol–water partition coefficient (Wildman–Crippen LogP) is 0.722. The van der Waals surface area contributed by atoms with Crippen LogP contribution in [-0.2, 0) is 9.59 Å². The van der Waals surface area contributed by atoms with Gasteiger partial charge in [-0.05, 0) is 13.0 Å². The summed E-state index contributed by atoms with van der Waals surface area (Å²) in [7, 11) is 0. The smallest absolute Gasteiger partial charge is 0.353 e. The fraction of sp³-hybridized carbons (Fsp3) is 0.429. The summed E-state index contributed by atoms with van der Waals surface area (Å²) in [6.07, 6.45) is 2.35. The maximum Gasteiger partial charge on any atom is 0.353 e. The number of aliphatic hydroxyl groups is 1. The Hall–Kier alpha value is -1.93. The number of hydrogen-bond acceptors (Lipinski definition) is 6. The zero-order chi connectivity index (χ0) is 16.0. The molecule has 2 N–H and O–H groups in total. The van der Waals surface area contributed by atoms with Crippen molar-refractivity contribution in [3.63, 3.8) is 0 Å². The van der Waals surface area contributed by atoms with Crippen LogP contribution < -0.4 is 0 Å². The lowest BCUT2D eigenvalue weighted by Crippen LogP contribution is -2.63. The van der Waals surface area contributed by atoms with Crippen molar-refractivity contribution in [1.82, 2.24) is 14.9 Å². The van der Waals surface area contributed by atoms with Gasteiger partial charge in [-0.25, -0.2) is 14.8 Å². The van der Waals surface area contributed by atoms with Crippen LogP contribution in [0, 0.1) is 11.8 Å². The average Bonchev–Trinajstić information content (AvgIpc) is 2.70. The van der Waals surface area contributed by atoms with E-state index in [0.29, 0.717) is 10.1 Å². The molecule has 2 aliphatic rings. The molecule has 0 aromatic carbocycles. The molecule has 1 saturated heterocycles. The van der Waals surface area contributed by atoms with Gasteiger partial charge in [0.05, 0.1) is 18.1 Å². The number of carboxylic acid groups (broad SMARTS) is 1. The van der Waals surface area contributed by atoms with Gasteiger partial charge < -0.3 is 15.1 Å². The van der Waals surface area contributed by atoms with E-state index in [1.165, 1.54) is 4.90 Å². The first-order valence-electron chi connectivity index (χ1n) is 6.87. The molecule has 2 aliphatic heterocycles. The second-order valence-corrected chi connectivity index (χ2v) is 6.41. The molecule has 4 unspecified atom stereocenters. The topological polar surface area (TPSA) is 104 Å². The minimum absolute atomic E-state index is 0.0168. The van der Waals surface area contributed by atoms with E-state index in [1.807, 2.05) is 6.92 Å². The molecule has 7 nitrogen and oxygen atoms in total. The Bertz CT molecular complexity index is 661. The first-order chi connectivity index (χ1) is 10.4. The van der Waals surface area contributed by atoms with Crippen molar-refractivity contribution in [2.75, 3.05) is 0 Å². The lowest BCUT2D eigenvalue weighted by molar-refractivity contribution is -0.163. The Labute approximate surface area is 131 Å². The lowest BCUT2D eigenvalue weighted by atomic mass is 9.79. The Kier molecular flexibility index (Phi) is 3.65. The zero-order valence-electron chi connectivity index (χ0n) is 12.0. The van der Waals surface area contributed by atoms with Crippen LogP contribution in [-0.4, -0.2) is 49.1 Å². The molecular formula is C14H15N3O4S. The van der Waals surface area contributed by atoms with Crippen molar-refractivity contribution in [2.24, 2.45) is 11.8 Å². The van der Waals surface area contributed by atoms with Gasteiger partial charge in [-0.2, -0.15) is 0 Å². The molecule has 1 aromatic rings. The molecule has 116 valence electrons. The predicted molar refractivity (Wildman–Crippen MR) is 77.5 cm³/mol. The molecule has 1 fully saturated rings. The fourth-order valence-electron chi connectivity index (χ4n) is 3.09. The number of aliphatic hydroxyl groups excluding tert-OH is 1. The minimum atomic E-state index is -1.15. The van der Waals surface area contributed by atoms with E-state index in [9.17, 15) is 19.8 Å². The van der Waals surface area contributed by atoms with Gasteiger partial charge in [0, 0.05) is 23.2 Å². The van der Waals surface area contributed by atoms with Crippen LogP contribution in [0.3, 0.4) is 0 Å². The molecule has 0 bridgehead atoms. The molecule has 1 amide bonds. The molecule has 4 atom stereocenters. The van der Waals surface area contributed by atoms with Crippen molar-refractivity contribution in [3.05, 3.63) is 29.1 Å². The third-order valence-corrected chi connectivity index (χ3v) is 5.23. The highest BCUT2D eigenvalue weighted by atomic mass is 32.2. The van der Waals surface area contributed by atoms with E-state index < -0.39 is 18.0 Å². The monoisotopic (exact) mass is 321 g/mol. The Morgan fingerprint density at radius 3 is 2.59 bits per heavy atom. The molecular weight excluding hydrogens is 306 g/mol. The van der Waals surface area contributed by atoms with E-state index >= 15 is 0 Å². The first kappa shape index (κ1) is 15.0. The highest BCUT2D eigenvalue weighted by Crippen LogP contribution is 2.51. The number of nitrogens with zero attached hydrogens (tertiary/aromatic N) is 3. The zero-order valence-corrected chi connectivity index (χ0v) is 12.8. The van der Waals surface area contributed by atoms with Crippen molar-refractivity contribution in [1.29, 1.82) is 0 Å². The molecule has 0 radical (unpaired) electrons. The number of aliphatic carboxylic acids is 1. The van der Waals surface area contributed by atoms with E-state index in [-0.39, 0.29) is 23.6 Å². The molecule has 3 heterocycles. The molecule has 0 spiro atoms. The van der Waals surface area contributed by atoms with Gasteiger partial charge in [0.15, 0.2) is 5.16 Å². The highest BCUT2D eigenvalue weighted by Gasteiger charge is 2.60. The number of thioether (sulfide) groups is 1. The van der Waals surface area contributed by atoms with Crippen LogP contribution in [0.1, 0.15) is 13.8 Å². The van der Waals surface area contributed by atoms with E-state index in [2.05, 4.69) is 9.97 Å². The maximum absolute atomic E-state index is 12.2. The molecule has 22 heavy (non-hydrogen) atoms. The van der Waals surface area contributed by atoms with Gasteiger partial charge in [0.25, 0.3) is 0 Å². The minimum Gasteiger partial charge on any atom is -0.477 e. The molecule has 3 rings (SSSR count).